The number of nitrogens with zero attached hydrogens (tertiary/aromatic N) is 2. The number of rotatable bonds is 1. The van der Waals surface area contributed by atoms with Gasteiger partial charge in [-0.15, -0.1) is 11.3 Å². The lowest BCUT2D eigenvalue weighted by molar-refractivity contribution is 0.487. The van der Waals surface area contributed by atoms with E-state index in [0.29, 0.717) is 6.04 Å². The minimum absolute atomic E-state index is 0.341. The zero-order chi connectivity index (χ0) is 11.1. The van der Waals surface area contributed by atoms with Crippen LogP contribution in [0.15, 0.2) is 17.6 Å². The van der Waals surface area contributed by atoms with E-state index < -0.39 is 0 Å². The largest absolute Gasteiger partial charge is 0.394 e. The molecule has 0 fully saturated rings. The van der Waals surface area contributed by atoms with Gasteiger partial charge in [-0.1, -0.05) is 0 Å². The Bertz CT molecular complexity index is 514. The summed E-state index contributed by atoms with van der Waals surface area (Å²) in [6.07, 6.45) is 2.79. The summed E-state index contributed by atoms with van der Waals surface area (Å²) >= 11 is 1.80. The predicted molar refractivity (Wildman–Crippen MR) is 66.9 cm³/mol. The highest BCUT2D eigenvalue weighted by molar-refractivity contribution is 7.10. The third-order valence-corrected chi connectivity index (χ3v) is 4.15. The van der Waals surface area contributed by atoms with Gasteiger partial charge in [-0.2, -0.15) is 5.10 Å². The van der Waals surface area contributed by atoms with Crippen LogP contribution in [-0.2, 0) is 0 Å². The van der Waals surface area contributed by atoms with Gasteiger partial charge in [-0.3, -0.25) is 0 Å². The van der Waals surface area contributed by atoms with Crippen LogP contribution in [0.25, 0.3) is 0 Å². The van der Waals surface area contributed by atoms with E-state index >= 15 is 0 Å². The first-order valence-electron chi connectivity index (χ1n) is 5.38. The van der Waals surface area contributed by atoms with Crippen molar-refractivity contribution in [3.8, 4) is 0 Å². The van der Waals surface area contributed by atoms with E-state index in [1.165, 1.54) is 10.4 Å². The van der Waals surface area contributed by atoms with Gasteiger partial charge in [0.15, 0.2) is 0 Å². The smallest absolute Gasteiger partial charge is 0.148 e. The molecule has 1 unspecified atom stereocenters. The minimum Gasteiger partial charge on any atom is -0.394 e. The summed E-state index contributed by atoms with van der Waals surface area (Å²) in [5.74, 6) is 0.962. The van der Waals surface area contributed by atoms with Gasteiger partial charge in [0.2, 0.25) is 0 Å². The molecule has 1 atom stereocenters. The topological polar surface area (TPSA) is 55.9 Å². The van der Waals surface area contributed by atoms with E-state index in [9.17, 15) is 0 Å². The molecule has 0 bridgehead atoms. The second-order valence-electron chi connectivity index (χ2n) is 4.09. The van der Waals surface area contributed by atoms with Gasteiger partial charge in [0.25, 0.3) is 0 Å². The molecule has 1 aliphatic heterocycles. The SMILES string of the molecule is Cc1ccsc1C1CCNc2c(N)cnn21. The molecule has 0 radical (unpaired) electrons. The predicted octanol–water partition coefficient (Wildman–Crippen LogP) is 2.24. The van der Waals surface area contributed by atoms with Crippen molar-refractivity contribution < 1.29 is 0 Å². The molecule has 0 saturated heterocycles. The molecule has 2 aromatic heterocycles. The lowest BCUT2D eigenvalue weighted by Crippen LogP contribution is -2.24. The van der Waals surface area contributed by atoms with Crippen LogP contribution >= 0.6 is 11.3 Å². The first-order chi connectivity index (χ1) is 7.77. The second-order valence-corrected chi connectivity index (χ2v) is 5.04. The molecule has 1 aliphatic rings. The van der Waals surface area contributed by atoms with Crippen molar-refractivity contribution in [2.75, 3.05) is 17.6 Å². The lowest BCUT2D eigenvalue weighted by Gasteiger charge is -2.25. The van der Waals surface area contributed by atoms with Gasteiger partial charge in [-0.05, 0) is 30.4 Å². The number of hydrogen-bond acceptors (Lipinski definition) is 4. The number of aromatic nitrogens is 2. The van der Waals surface area contributed by atoms with Crippen molar-refractivity contribution in [3.63, 3.8) is 0 Å². The maximum Gasteiger partial charge on any atom is 0.148 e. The molecule has 2 aromatic rings. The Kier molecular flexibility index (Phi) is 2.14. The van der Waals surface area contributed by atoms with Gasteiger partial charge in [0.1, 0.15) is 5.82 Å². The average Bonchev–Trinajstić information content (AvgIpc) is 2.86. The number of nitrogen functional groups attached to an aromatic ring is 1. The maximum atomic E-state index is 5.87. The van der Waals surface area contributed by atoms with E-state index in [0.717, 1.165) is 24.5 Å². The first-order valence-corrected chi connectivity index (χ1v) is 6.26. The molecule has 4 nitrogen and oxygen atoms in total. The summed E-state index contributed by atoms with van der Waals surface area (Å²) in [6, 6.07) is 2.50. The van der Waals surface area contributed by atoms with Gasteiger partial charge < -0.3 is 11.1 Å². The van der Waals surface area contributed by atoms with E-state index in [4.69, 9.17) is 5.73 Å². The van der Waals surface area contributed by atoms with Crippen LogP contribution in [0.2, 0.25) is 0 Å². The van der Waals surface area contributed by atoms with Crippen LogP contribution in [0.3, 0.4) is 0 Å². The third kappa shape index (κ3) is 1.31. The van der Waals surface area contributed by atoms with Crippen LogP contribution in [-0.4, -0.2) is 16.3 Å². The van der Waals surface area contributed by atoms with Gasteiger partial charge in [0, 0.05) is 11.4 Å². The van der Waals surface area contributed by atoms with Crippen molar-refractivity contribution in [2.45, 2.75) is 19.4 Å². The highest BCUT2D eigenvalue weighted by Crippen LogP contribution is 2.35. The van der Waals surface area contributed by atoms with E-state index in [1.807, 2.05) is 4.68 Å². The zero-order valence-corrected chi connectivity index (χ0v) is 9.92. The zero-order valence-electron chi connectivity index (χ0n) is 9.10. The summed E-state index contributed by atoms with van der Waals surface area (Å²) in [5, 5.41) is 9.81. The number of aryl methyl sites for hydroxylation is 1. The molecule has 5 heteroatoms. The van der Waals surface area contributed by atoms with Gasteiger partial charge in [-0.25, -0.2) is 4.68 Å². The molecule has 16 heavy (non-hydrogen) atoms. The molecule has 3 rings (SSSR count). The van der Waals surface area contributed by atoms with Crippen LogP contribution in [0.4, 0.5) is 11.5 Å². The molecule has 0 aromatic carbocycles. The summed E-state index contributed by atoms with van der Waals surface area (Å²) < 4.78 is 2.01. The summed E-state index contributed by atoms with van der Waals surface area (Å²) in [6.45, 7) is 3.11. The number of nitrogens with one attached hydrogen (secondary N) is 1. The fourth-order valence-corrected chi connectivity index (χ4v) is 3.26. The Morgan fingerprint density at radius 2 is 2.50 bits per heavy atom. The highest BCUT2D eigenvalue weighted by Gasteiger charge is 2.25. The van der Waals surface area contributed by atoms with Crippen LogP contribution in [0.1, 0.15) is 22.9 Å². The minimum atomic E-state index is 0.341. The number of fused-ring (bicyclic) bond motifs is 1. The van der Waals surface area contributed by atoms with Crippen LogP contribution in [0.5, 0.6) is 0 Å². The van der Waals surface area contributed by atoms with E-state index in [1.54, 1.807) is 17.5 Å². The molecule has 0 spiro atoms. The average molecular weight is 234 g/mol. The molecule has 0 amide bonds. The number of anilines is 2. The normalized spacial score (nSPS) is 19.2. The Labute approximate surface area is 98.1 Å². The van der Waals surface area contributed by atoms with Gasteiger partial charge >= 0.3 is 0 Å². The molecular weight excluding hydrogens is 220 g/mol. The standard InChI is InChI=1S/C11H14N4S/c1-7-3-5-16-10(7)9-2-4-13-11-8(12)6-14-15(9)11/h3,5-6,9,13H,2,4,12H2,1H3. The first kappa shape index (κ1) is 9.72. The quantitative estimate of drug-likeness (QED) is 0.795. The Balaban J connectivity index is 2.08. The van der Waals surface area contributed by atoms with Crippen molar-refractivity contribution in [2.24, 2.45) is 0 Å². The van der Waals surface area contributed by atoms with Crippen LogP contribution in [0, 0.1) is 6.92 Å². The number of nitrogens with two attached hydrogens (primary N) is 1. The maximum absolute atomic E-state index is 5.87. The summed E-state index contributed by atoms with van der Waals surface area (Å²) in [5.41, 5.74) is 7.95. The van der Waals surface area contributed by atoms with Gasteiger partial charge in [0.05, 0.1) is 17.9 Å². The lowest BCUT2D eigenvalue weighted by atomic mass is 10.1. The monoisotopic (exact) mass is 234 g/mol. The van der Waals surface area contributed by atoms with E-state index in [2.05, 4.69) is 28.8 Å². The summed E-state index contributed by atoms with van der Waals surface area (Å²) in [4.78, 5) is 1.39. The molecule has 84 valence electrons. The number of thiophene rings is 1. The Morgan fingerprint density at radius 3 is 3.25 bits per heavy atom. The fraction of sp³-hybridized carbons (Fsp3) is 0.364. The van der Waals surface area contributed by atoms with E-state index in [-0.39, 0.29) is 0 Å². The fourth-order valence-electron chi connectivity index (χ4n) is 2.21. The Morgan fingerprint density at radius 1 is 1.62 bits per heavy atom. The molecule has 0 saturated carbocycles. The van der Waals surface area contributed by atoms with Crippen LogP contribution < -0.4 is 11.1 Å². The second kappa shape index (κ2) is 3.52. The third-order valence-electron chi connectivity index (χ3n) is 3.03. The number of hydrogen-bond donors (Lipinski definition) is 2. The molecular formula is C11H14N4S. The molecule has 0 aliphatic carbocycles. The Hall–Kier alpha value is -1.49. The van der Waals surface area contributed by atoms with Crippen molar-refractivity contribution >= 4 is 22.8 Å². The van der Waals surface area contributed by atoms with Crippen molar-refractivity contribution in [1.82, 2.24) is 9.78 Å². The highest BCUT2D eigenvalue weighted by atomic mass is 32.1. The molecule has 3 heterocycles. The van der Waals surface area contributed by atoms with Crippen molar-refractivity contribution in [1.29, 1.82) is 0 Å². The molecule has 3 N–H and O–H groups in total. The van der Waals surface area contributed by atoms with Crippen molar-refractivity contribution in [3.05, 3.63) is 28.1 Å². The summed E-state index contributed by atoms with van der Waals surface area (Å²) in [7, 11) is 0.